The second kappa shape index (κ2) is 10.2. The SMILES string of the molecule is CCCC1(CCC)C(=O)N(CCOCCCOC)c2cc3c4c([nH]c3cc21)-c1[nH]ncc1CCC4. The van der Waals surface area contributed by atoms with Crippen LogP contribution in [-0.4, -0.2) is 54.6 Å². The van der Waals surface area contributed by atoms with Crippen molar-refractivity contribution in [3.63, 3.8) is 0 Å². The van der Waals surface area contributed by atoms with Gasteiger partial charge in [0.05, 0.1) is 29.6 Å². The van der Waals surface area contributed by atoms with E-state index in [1.165, 1.54) is 22.1 Å². The summed E-state index contributed by atoms with van der Waals surface area (Å²) in [4.78, 5) is 19.8. The number of hydrogen-bond donors (Lipinski definition) is 2. The number of amides is 1. The summed E-state index contributed by atoms with van der Waals surface area (Å²) in [6, 6.07) is 4.55. The summed E-state index contributed by atoms with van der Waals surface area (Å²) < 4.78 is 11.0. The minimum atomic E-state index is -0.454. The van der Waals surface area contributed by atoms with Gasteiger partial charge in [0, 0.05) is 43.5 Å². The van der Waals surface area contributed by atoms with Crippen molar-refractivity contribution in [2.24, 2.45) is 0 Å². The molecule has 2 aromatic heterocycles. The van der Waals surface area contributed by atoms with Crippen LogP contribution >= 0.6 is 0 Å². The van der Waals surface area contributed by atoms with Crippen molar-refractivity contribution in [1.29, 1.82) is 0 Å². The standard InChI is InChI=1S/C28H38N4O3/c1-4-10-28(11-5-2)22-17-23-21(20-9-6-8-19-18-29-31-25(19)26(20)30-23)16-24(22)32(27(28)33)12-15-35-14-7-13-34-3/h16-18,30H,4-15H2,1-3H3,(H,29,31). The number of methoxy groups -OCH3 is 1. The van der Waals surface area contributed by atoms with Crippen LogP contribution in [0.25, 0.3) is 22.3 Å². The Kier molecular flexibility index (Phi) is 6.98. The maximum atomic E-state index is 14.0. The Morgan fingerprint density at radius 1 is 1.09 bits per heavy atom. The van der Waals surface area contributed by atoms with Gasteiger partial charge in [-0.3, -0.25) is 9.89 Å². The highest BCUT2D eigenvalue weighted by Crippen LogP contribution is 2.50. The van der Waals surface area contributed by atoms with E-state index in [1.807, 2.05) is 11.1 Å². The van der Waals surface area contributed by atoms with Gasteiger partial charge < -0.3 is 19.4 Å². The van der Waals surface area contributed by atoms with Crippen LogP contribution in [-0.2, 0) is 32.5 Å². The summed E-state index contributed by atoms with van der Waals surface area (Å²) in [5.74, 6) is 0.242. The van der Waals surface area contributed by atoms with Crippen LogP contribution in [0.15, 0.2) is 18.3 Å². The number of carbonyl (C=O) groups excluding carboxylic acids is 1. The van der Waals surface area contributed by atoms with E-state index in [1.54, 1.807) is 7.11 Å². The number of fused-ring (bicyclic) bond motifs is 6. The molecule has 7 nitrogen and oxygen atoms in total. The van der Waals surface area contributed by atoms with Crippen molar-refractivity contribution in [1.82, 2.24) is 15.2 Å². The molecule has 3 heterocycles. The van der Waals surface area contributed by atoms with E-state index in [9.17, 15) is 4.79 Å². The van der Waals surface area contributed by atoms with Gasteiger partial charge in [-0.15, -0.1) is 0 Å². The van der Waals surface area contributed by atoms with Crippen LogP contribution in [0, 0.1) is 0 Å². The van der Waals surface area contributed by atoms with Gasteiger partial charge in [-0.05, 0) is 67.3 Å². The van der Waals surface area contributed by atoms with Crippen molar-refractivity contribution >= 4 is 22.5 Å². The highest BCUT2D eigenvalue weighted by molar-refractivity contribution is 6.11. The molecule has 1 aliphatic heterocycles. The first kappa shape index (κ1) is 24.1. The zero-order chi connectivity index (χ0) is 24.4. The molecule has 7 heteroatoms. The summed E-state index contributed by atoms with van der Waals surface area (Å²) in [6.45, 7) is 6.81. The molecule has 3 aromatic rings. The highest BCUT2D eigenvalue weighted by atomic mass is 16.5. The average molecular weight is 479 g/mol. The lowest BCUT2D eigenvalue weighted by molar-refractivity contribution is -0.124. The lowest BCUT2D eigenvalue weighted by Gasteiger charge is -2.28. The predicted octanol–water partition coefficient (Wildman–Crippen LogP) is 5.28. The molecule has 0 unspecified atom stereocenters. The number of aryl methyl sites for hydroxylation is 2. The Balaban J connectivity index is 1.56. The average Bonchev–Trinajstić information content (AvgIpc) is 3.48. The second-order valence-corrected chi connectivity index (χ2v) is 10.0. The summed E-state index contributed by atoms with van der Waals surface area (Å²) in [6.07, 6.45) is 9.65. The quantitative estimate of drug-likeness (QED) is 0.367. The Morgan fingerprint density at radius 3 is 2.69 bits per heavy atom. The van der Waals surface area contributed by atoms with Crippen LogP contribution in [0.5, 0.6) is 0 Å². The van der Waals surface area contributed by atoms with Crippen LogP contribution in [0.1, 0.15) is 69.1 Å². The van der Waals surface area contributed by atoms with Gasteiger partial charge in [-0.1, -0.05) is 26.7 Å². The number of aromatic amines is 2. The minimum absolute atomic E-state index is 0.242. The number of H-pyrrole nitrogens is 2. The maximum Gasteiger partial charge on any atom is 0.237 e. The molecular formula is C28H38N4O3. The third-order valence-corrected chi connectivity index (χ3v) is 7.77. The van der Waals surface area contributed by atoms with Gasteiger partial charge in [0.15, 0.2) is 0 Å². The Labute approximate surface area is 207 Å². The number of nitrogens with zero attached hydrogens (tertiary/aromatic N) is 2. The number of rotatable bonds is 11. The summed E-state index contributed by atoms with van der Waals surface area (Å²) in [5.41, 5.74) is 7.79. The molecule has 0 radical (unpaired) electrons. The van der Waals surface area contributed by atoms with Crippen molar-refractivity contribution in [3.05, 3.63) is 35.0 Å². The van der Waals surface area contributed by atoms with E-state index < -0.39 is 5.41 Å². The van der Waals surface area contributed by atoms with Crippen molar-refractivity contribution in [2.45, 2.75) is 70.6 Å². The number of aromatic nitrogens is 3. The highest BCUT2D eigenvalue weighted by Gasteiger charge is 2.49. The Hall–Kier alpha value is -2.64. The first-order valence-electron chi connectivity index (χ1n) is 13.2. The number of carbonyl (C=O) groups is 1. The maximum absolute atomic E-state index is 14.0. The summed E-state index contributed by atoms with van der Waals surface area (Å²) in [5, 5.41) is 8.76. The molecule has 0 fully saturated rings. The van der Waals surface area contributed by atoms with Crippen LogP contribution in [0.2, 0.25) is 0 Å². The van der Waals surface area contributed by atoms with Gasteiger partial charge in [0.25, 0.3) is 0 Å². The zero-order valence-electron chi connectivity index (χ0n) is 21.3. The summed E-state index contributed by atoms with van der Waals surface area (Å²) in [7, 11) is 1.70. The van der Waals surface area contributed by atoms with E-state index in [4.69, 9.17) is 9.47 Å². The molecule has 0 saturated carbocycles. The second-order valence-electron chi connectivity index (χ2n) is 10.0. The van der Waals surface area contributed by atoms with Crippen LogP contribution < -0.4 is 4.90 Å². The molecule has 0 bridgehead atoms. The van der Waals surface area contributed by atoms with E-state index >= 15 is 0 Å². The topological polar surface area (TPSA) is 83.2 Å². The third-order valence-electron chi connectivity index (χ3n) is 7.77. The molecule has 1 aliphatic carbocycles. The molecule has 1 aromatic carbocycles. The number of ether oxygens (including phenoxy) is 2. The molecular weight excluding hydrogens is 440 g/mol. The zero-order valence-corrected chi connectivity index (χ0v) is 21.3. The van der Waals surface area contributed by atoms with Crippen molar-refractivity contribution in [2.75, 3.05) is 38.4 Å². The Bertz CT molecular complexity index is 1190. The van der Waals surface area contributed by atoms with Crippen molar-refractivity contribution < 1.29 is 14.3 Å². The van der Waals surface area contributed by atoms with E-state index in [0.717, 1.165) is 74.0 Å². The largest absolute Gasteiger partial charge is 0.385 e. The molecule has 2 N–H and O–H groups in total. The van der Waals surface area contributed by atoms with Gasteiger partial charge in [0.2, 0.25) is 5.91 Å². The molecule has 1 amide bonds. The number of benzene rings is 1. The number of anilines is 1. The fourth-order valence-corrected chi connectivity index (χ4v) is 6.27. The lowest BCUT2D eigenvalue weighted by Crippen LogP contribution is -2.41. The predicted molar refractivity (Wildman–Crippen MR) is 139 cm³/mol. The number of hydrogen-bond acceptors (Lipinski definition) is 4. The normalized spacial score (nSPS) is 16.4. The molecule has 35 heavy (non-hydrogen) atoms. The van der Waals surface area contributed by atoms with E-state index in [2.05, 4.69) is 41.2 Å². The molecule has 188 valence electrons. The molecule has 0 spiro atoms. The first-order valence-corrected chi connectivity index (χ1v) is 13.2. The fraction of sp³-hybridized carbons (Fsp3) is 0.571. The monoisotopic (exact) mass is 478 g/mol. The first-order chi connectivity index (χ1) is 17.1. The minimum Gasteiger partial charge on any atom is -0.385 e. The van der Waals surface area contributed by atoms with Crippen molar-refractivity contribution in [3.8, 4) is 11.4 Å². The van der Waals surface area contributed by atoms with Gasteiger partial charge in [-0.25, -0.2) is 0 Å². The van der Waals surface area contributed by atoms with Gasteiger partial charge >= 0.3 is 0 Å². The Morgan fingerprint density at radius 2 is 1.91 bits per heavy atom. The summed E-state index contributed by atoms with van der Waals surface area (Å²) >= 11 is 0. The molecule has 2 aliphatic rings. The third kappa shape index (κ3) is 4.08. The molecule has 0 saturated heterocycles. The molecule has 0 atom stereocenters. The van der Waals surface area contributed by atoms with Gasteiger partial charge in [-0.2, -0.15) is 5.10 Å². The fourth-order valence-electron chi connectivity index (χ4n) is 6.27. The lowest BCUT2D eigenvalue weighted by atomic mass is 9.74. The van der Waals surface area contributed by atoms with E-state index in [-0.39, 0.29) is 5.91 Å². The van der Waals surface area contributed by atoms with Gasteiger partial charge in [0.1, 0.15) is 0 Å². The number of nitrogens with one attached hydrogen (secondary N) is 2. The smallest absolute Gasteiger partial charge is 0.237 e. The van der Waals surface area contributed by atoms with Crippen LogP contribution in [0.3, 0.4) is 0 Å². The van der Waals surface area contributed by atoms with Crippen LogP contribution in [0.4, 0.5) is 5.69 Å². The molecule has 5 rings (SSSR count). The van der Waals surface area contributed by atoms with E-state index in [0.29, 0.717) is 26.4 Å².